The first kappa shape index (κ1) is 28.2. The minimum Gasteiger partial charge on any atom is -0.475 e. The average Bonchev–Trinajstić information content (AvgIpc) is 3.33. The van der Waals surface area contributed by atoms with Crippen LogP contribution in [0.2, 0.25) is 0 Å². The van der Waals surface area contributed by atoms with Crippen molar-refractivity contribution in [1.29, 1.82) is 0 Å². The number of nitrogens with zero attached hydrogens (tertiary/aromatic N) is 3. The predicted octanol–water partition coefficient (Wildman–Crippen LogP) is 4.78. The number of piperazine rings is 1. The molecule has 3 aromatic carbocycles. The molecular formula is C28H28F4N4O3. The van der Waals surface area contributed by atoms with Crippen molar-refractivity contribution in [2.45, 2.75) is 12.7 Å². The number of hydrogen-bond donors (Lipinski definition) is 3. The first-order valence-corrected chi connectivity index (χ1v) is 12.3. The number of carbonyl (C=O) groups is 1. The smallest absolute Gasteiger partial charge is 0.475 e. The van der Waals surface area contributed by atoms with Gasteiger partial charge in [0.25, 0.3) is 0 Å². The molecule has 1 aromatic heterocycles. The summed E-state index contributed by atoms with van der Waals surface area (Å²) in [5.74, 6) is -2.29. The van der Waals surface area contributed by atoms with Gasteiger partial charge in [-0.1, -0.05) is 36.4 Å². The van der Waals surface area contributed by atoms with Crippen molar-refractivity contribution in [3.8, 4) is 22.5 Å². The Hall–Kier alpha value is -3.80. The van der Waals surface area contributed by atoms with Gasteiger partial charge in [0.2, 0.25) is 0 Å². The highest BCUT2D eigenvalue weighted by molar-refractivity contribution is 5.80. The molecule has 11 heteroatoms. The fourth-order valence-electron chi connectivity index (χ4n) is 4.38. The Balaban J connectivity index is 0.000000448. The Labute approximate surface area is 222 Å². The second-order valence-electron chi connectivity index (χ2n) is 9.17. The molecule has 0 spiro atoms. The third-order valence-corrected chi connectivity index (χ3v) is 6.37. The molecule has 0 amide bonds. The van der Waals surface area contributed by atoms with Gasteiger partial charge in [-0.25, -0.2) is 14.2 Å². The van der Waals surface area contributed by atoms with E-state index in [0.29, 0.717) is 5.52 Å². The van der Waals surface area contributed by atoms with Crippen molar-refractivity contribution < 1.29 is 32.6 Å². The Morgan fingerprint density at radius 2 is 1.51 bits per heavy atom. The minimum atomic E-state index is -5.08. The van der Waals surface area contributed by atoms with Crippen LogP contribution in [0, 0.1) is 5.82 Å². The van der Waals surface area contributed by atoms with Gasteiger partial charge in [-0.05, 0) is 47.0 Å². The lowest BCUT2D eigenvalue weighted by Crippen LogP contribution is -2.46. The molecule has 39 heavy (non-hydrogen) atoms. The number of aromatic amines is 1. The van der Waals surface area contributed by atoms with E-state index in [-0.39, 0.29) is 12.4 Å². The molecule has 7 nitrogen and oxygen atoms in total. The highest BCUT2D eigenvalue weighted by atomic mass is 19.4. The van der Waals surface area contributed by atoms with Gasteiger partial charge >= 0.3 is 12.1 Å². The number of imidazole rings is 1. The first-order chi connectivity index (χ1) is 18.6. The zero-order valence-electron chi connectivity index (χ0n) is 21.0. The second-order valence-corrected chi connectivity index (χ2v) is 9.17. The van der Waals surface area contributed by atoms with Crippen LogP contribution in [-0.2, 0) is 11.3 Å². The summed E-state index contributed by atoms with van der Waals surface area (Å²) < 4.78 is 45.3. The highest BCUT2D eigenvalue weighted by Crippen LogP contribution is 2.27. The van der Waals surface area contributed by atoms with E-state index in [4.69, 9.17) is 15.0 Å². The lowest BCUT2D eigenvalue weighted by Gasteiger charge is -2.34. The Morgan fingerprint density at radius 1 is 0.897 bits per heavy atom. The van der Waals surface area contributed by atoms with E-state index in [9.17, 15) is 17.6 Å². The number of aliphatic hydroxyl groups excluding tert-OH is 1. The van der Waals surface area contributed by atoms with Gasteiger partial charge in [-0.3, -0.25) is 9.80 Å². The topological polar surface area (TPSA) is 92.7 Å². The zero-order valence-corrected chi connectivity index (χ0v) is 21.0. The molecule has 2 heterocycles. The third kappa shape index (κ3) is 7.62. The predicted molar refractivity (Wildman–Crippen MR) is 139 cm³/mol. The van der Waals surface area contributed by atoms with Crippen molar-refractivity contribution in [3.05, 3.63) is 78.1 Å². The molecule has 0 bridgehead atoms. The van der Waals surface area contributed by atoms with Crippen LogP contribution >= 0.6 is 0 Å². The van der Waals surface area contributed by atoms with Crippen LogP contribution in [-0.4, -0.2) is 81.5 Å². The lowest BCUT2D eigenvalue weighted by atomic mass is 10.0. The molecule has 3 N–H and O–H groups in total. The van der Waals surface area contributed by atoms with Crippen molar-refractivity contribution in [2.24, 2.45) is 0 Å². The summed E-state index contributed by atoms with van der Waals surface area (Å²) >= 11 is 0. The van der Waals surface area contributed by atoms with E-state index in [1.165, 1.54) is 23.3 Å². The monoisotopic (exact) mass is 544 g/mol. The largest absolute Gasteiger partial charge is 0.490 e. The SMILES string of the molecule is O=C(O)C(F)(F)F.OCCN1CCN(Cc2cccc(-c3cccc(-c4nc5ccc(F)cc5[nH]4)c3)c2)CC1. The number of carboxylic acids is 1. The molecule has 0 saturated carbocycles. The number of carboxylic acid groups (broad SMARTS) is 1. The van der Waals surface area contributed by atoms with Gasteiger partial charge in [0.05, 0.1) is 17.6 Å². The van der Waals surface area contributed by atoms with Gasteiger partial charge in [0.15, 0.2) is 0 Å². The zero-order chi connectivity index (χ0) is 28.0. The number of β-amino-alcohol motifs (C(OH)–C–C–N with tert-alkyl or cyclic N) is 1. The Morgan fingerprint density at radius 3 is 2.18 bits per heavy atom. The maximum Gasteiger partial charge on any atom is 0.490 e. The molecular weight excluding hydrogens is 516 g/mol. The van der Waals surface area contributed by atoms with E-state index in [0.717, 1.165) is 61.7 Å². The van der Waals surface area contributed by atoms with Crippen molar-refractivity contribution in [1.82, 2.24) is 19.8 Å². The number of H-pyrrole nitrogens is 1. The first-order valence-electron chi connectivity index (χ1n) is 12.3. The normalized spacial score (nSPS) is 14.7. The maximum absolute atomic E-state index is 13.5. The maximum atomic E-state index is 13.5. The highest BCUT2D eigenvalue weighted by Gasteiger charge is 2.38. The van der Waals surface area contributed by atoms with Gasteiger partial charge in [0, 0.05) is 44.8 Å². The van der Waals surface area contributed by atoms with Crippen molar-refractivity contribution >= 4 is 17.0 Å². The summed E-state index contributed by atoms with van der Waals surface area (Å²) in [6.45, 7) is 5.97. The van der Waals surface area contributed by atoms with Gasteiger partial charge in [-0.15, -0.1) is 0 Å². The second kappa shape index (κ2) is 12.4. The van der Waals surface area contributed by atoms with E-state index in [1.54, 1.807) is 6.07 Å². The number of benzene rings is 3. The lowest BCUT2D eigenvalue weighted by molar-refractivity contribution is -0.192. The van der Waals surface area contributed by atoms with E-state index in [1.807, 2.05) is 12.1 Å². The van der Waals surface area contributed by atoms with Gasteiger partial charge in [0.1, 0.15) is 11.6 Å². The molecule has 1 aliphatic heterocycles. The molecule has 206 valence electrons. The molecule has 0 aliphatic carbocycles. The van der Waals surface area contributed by atoms with E-state index >= 15 is 0 Å². The van der Waals surface area contributed by atoms with Crippen molar-refractivity contribution in [3.63, 3.8) is 0 Å². The number of alkyl halides is 3. The molecule has 1 aliphatic rings. The fourth-order valence-corrected chi connectivity index (χ4v) is 4.38. The Bertz CT molecular complexity index is 1420. The molecule has 5 rings (SSSR count). The molecule has 1 saturated heterocycles. The molecule has 4 aromatic rings. The van der Waals surface area contributed by atoms with Crippen molar-refractivity contribution in [2.75, 3.05) is 39.3 Å². The van der Waals surface area contributed by atoms with Crippen LogP contribution in [0.4, 0.5) is 17.6 Å². The fraction of sp³-hybridized carbons (Fsp3) is 0.286. The number of fused-ring (bicyclic) bond motifs is 1. The number of aliphatic hydroxyl groups is 1. The average molecular weight is 545 g/mol. The number of nitrogens with one attached hydrogen (secondary N) is 1. The van der Waals surface area contributed by atoms with Gasteiger partial charge < -0.3 is 15.2 Å². The summed E-state index contributed by atoms with van der Waals surface area (Å²) in [5, 5.41) is 16.2. The summed E-state index contributed by atoms with van der Waals surface area (Å²) in [6.07, 6.45) is -5.08. The summed E-state index contributed by atoms with van der Waals surface area (Å²) in [4.78, 5) is 21.5. The van der Waals surface area contributed by atoms with E-state index < -0.39 is 12.1 Å². The summed E-state index contributed by atoms with van der Waals surface area (Å²) in [7, 11) is 0. The van der Waals surface area contributed by atoms with Crippen LogP contribution in [0.15, 0.2) is 66.7 Å². The minimum absolute atomic E-state index is 0.228. The number of hydrogen-bond acceptors (Lipinski definition) is 5. The number of aromatic nitrogens is 2. The number of rotatable bonds is 6. The summed E-state index contributed by atoms with van der Waals surface area (Å²) in [5.41, 5.74) is 6.03. The number of aliphatic carboxylic acids is 1. The standard InChI is InChI=1S/C26H27FN4O.C2HF3O2/c27-23-7-8-24-25(17-23)29-26(28-24)22-6-2-5-21(16-22)20-4-1-3-19(15-20)18-31-11-9-30(10-12-31)13-14-32;3-2(4,5)1(6)7/h1-8,15-17,32H,9-14,18H2,(H,28,29);(H,6,7). The van der Waals surface area contributed by atoms with Crippen LogP contribution in [0.1, 0.15) is 5.56 Å². The van der Waals surface area contributed by atoms with Crippen LogP contribution in [0.5, 0.6) is 0 Å². The van der Waals surface area contributed by atoms with Gasteiger partial charge in [-0.2, -0.15) is 13.2 Å². The third-order valence-electron chi connectivity index (χ3n) is 6.37. The molecule has 0 unspecified atom stereocenters. The van der Waals surface area contributed by atoms with E-state index in [2.05, 4.69) is 56.2 Å². The molecule has 0 radical (unpaired) electrons. The van der Waals surface area contributed by atoms with Crippen LogP contribution < -0.4 is 0 Å². The molecule has 1 fully saturated rings. The summed E-state index contributed by atoms with van der Waals surface area (Å²) in [6, 6.07) is 21.6. The van der Waals surface area contributed by atoms with Crippen LogP contribution in [0.3, 0.4) is 0 Å². The quantitative estimate of drug-likeness (QED) is 0.303. The molecule has 0 atom stereocenters. The Kier molecular flexibility index (Phi) is 8.95. The van der Waals surface area contributed by atoms with Crippen LogP contribution in [0.25, 0.3) is 33.5 Å². The number of halogens is 4.